The minimum atomic E-state index is -4.42. The summed E-state index contributed by atoms with van der Waals surface area (Å²) in [6.07, 6.45) is -4.42. The van der Waals surface area contributed by atoms with E-state index in [-0.39, 0.29) is 11.1 Å². The van der Waals surface area contributed by atoms with Crippen molar-refractivity contribution in [1.29, 1.82) is 0 Å². The number of nitrogens with zero attached hydrogens (tertiary/aromatic N) is 1. The van der Waals surface area contributed by atoms with E-state index in [1.807, 2.05) is 24.3 Å². The van der Waals surface area contributed by atoms with Gasteiger partial charge in [-0.25, -0.2) is 0 Å². The monoisotopic (exact) mass is 436 g/mol. The van der Waals surface area contributed by atoms with E-state index in [9.17, 15) is 13.2 Å². The van der Waals surface area contributed by atoms with Crippen LogP contribution in [0.4, 0.5) is 24.5 Å². The standard InChI is InChI=1S/C15H12F3IN2S/c1-9-8-10(6-7-11(9)20-15(16,17)18)14-21(19)12-4-2-3-5-13(12)22-14/h2-8,14,20H,1H3. The van der Waals surface area contributed by atoms with Gasteiger partial charge in [0.05, 0.1) is 28.6 Å². The molecule has 1 heterocycles. The van der Waals surface area contributed by atoms with Crippen molar-refractivity contribution in [3.8, 4) is 0 Å². The summed E-state index contributed by atoms with van der Waals surface area (Å²) in [5.41, 5.74) is 2.79. The van der Waals surface area contributed by atoms with Gasteiger partial charge in [-0.2, -0.15) is 13.2 Å². The van der Waals surface area contributed by atoms with Gasteiger partial charge >= 0.3 is 6.30 Å². The molecular weight excluding hydrogens is 424 g/mol. The number of anilines is 2. The Morgan fingerprint density at radius 3 is 2.55 bits per heavy atom. The van der Waals surface area contributed by atoms with E-state index in [1.165, 1.54) is 11.0 Å². The quantitative estimate of drug-likeness (QED) is 0.359. The first-order valence-electron chi connectivity index (χ1n) is 6.51. The predicted octanol–water partition coefficient (Wildman–Crippen LogP) is 5.89. The molecule has 0 aromatic heterocycles. The van der Waals surface area contributed by atoms with Crippen molar-refractivity contribution in [3.63, 3.8) is 0 Å². The molecule has 0 saturated heterocycles. The van der Waals surface area contributed by atoms with Gasteiger partial charge in [-0.1, -0.05) is 36.0 Å². The highest BCUT2D eigenvalue weighted by Crippen LogP contribution is 2.53. The first kappa shape index (κ1) is 15.8. The lowest BCUT2D eigenvalue weighted by atomic mass is 10.1. The fourth-order valence-electron chi connectivity index (χ4n) is 2.36. The van der Waals surface area contributed by atoms with Crippen molar-refractivity contribution < 1.29 is 13.2 Å². The molecular formula is C15H12F3IN2S. The SMILES string of the molecule is Cc1cc(C2Sc3ccccc3N2I)ccc1NC(F)(F)F. The Labute approximate surface area is 144 Å². The molecule has 1 unspecified atom stereocenters. The summed E-state index contributed by atoms with van der Waals surface area (Å²) in [6, 6.07) is 13.1. The normalized spacial score (nSPS) is 17.5. The number of alkyl halides is 3. The third-order valence-corrected chi connectivity index (χ3v) is 6.11. The highest BCUT2D eigenvalue weighted by atomic mass is 127. The Hall–Kier alpha value is -1.09. The summed E-state index contributed by atoms with van der Waals surface area (Å²) >= 11 is 3.95. The number of hydrogen-bond donors (Lipinski definition) is 1. The second kappa shape index (κ2) is 5.84. The minimum absolute atomic E-state index is 0.0663. The van der Waals surface area contributed by atoms with E-state index < -0.39 is 6.30 Å². The molecule has 0 amide bonds. The molecule has 3 rings (SSSR count). The van der Waals surface area contributed by atoms with Gasteiger partial charge in [-0.3, -0.25) is 8.43 Å². The van der Waals surface area contributed by atoms with Gasteiger partial charge in [0.25, 0.3) is 0 Å². The highest BCUT2D eigenvalue weighted by molar-refractivity contribution is 14.1. The lowest BCUT2D eigenvalue weighted by Gasteiger charge is -2.21. The summed E-state index contributed by atoms with van der Waals surface area (Å²) in [5.74, 6) is 0. The zero-order valence-corrected chi connectivity index (χ0v) is 14.5. The maximum absolute atomic E-state index is 12.4. The van der Waals surface area contributed by atoms with Crippen molar-refractivity contribution >= 4 is 46.0 Å². The summed E-state index contributed by atoms with van der Waals surface area (Å²) in [5, 5.41) is 1.64. The summed E-state index contributed by atoms with van der Waals surface area (Å²) < 4.78 is 39.4. The van der Waals surface area contributed by atoms with Crippen LogP contribution in [0, 0.1) is 6.92 Å². The number of benzene rings is 2. The van der Waals surface area contributed by atoms with Crippen molar-refractivity contribution in [2.75, 3.05) is 8.43 Å². The van der Waals surface area contributed by atoms with Gasteiger partial charge in [0, 0.05) is 10.6 Å². The zero-order chi connectivity index (χ0) is 15.9. The van der Waals surface area contributed by atoms with E-state index in [0.29, 0.717) is 5.56 Å². The zero-order valence-electron chi connectivity index (χ0n) is 11.5. The average molecular weight is 436 g/mol. The Kier molecular flexibility index (Phi) is 4.19. The van der Waals surface area contributed by atoms with E-state index in [1.54, 1.807) is 30.1 Å². The molecule has 1 N–H and O–H groups in total. The van der Waals surface area contributed by atoms with Crippen LogP contribution in [0.1, 0.15) is 16.5 Å². The number of rotatable bonds is 2. The third kappa shape index (κ3) is 3.15. The van der Waals surface area contributed by atoms with E-state index in [4.69, 9.17) is 0 Å². The molecule has 2 aromatic carbocycles. The number of aryl methyl sites for hydroxylation is 1. The number of hydrogen-bond acceptors (Lipinski definition) is 3. The topological polar surface area (TPSA) is 15.3 Å². The first-order valence-corrected chi connectivity index (χ1v) is 8.36. The van der Waals surface area contributed by atoms with E-state index in [2.05, 4.69) is 32.0 Å². The van der Waals surface area contributed by atoms with Gasteiger partial charge in [0.2, 0.25) is 0 Å². The molecule has 22 heavy (non-hydrogen) atoms. The number of fused-ring (bicyclic) bond motifs is 1. The Balaban J connectivity index is 1.87. The predicted molar refractivity (Wildman–Crippen MR) is 92.4 cm³/mol. The molecule has 7 heteroatoms. The molecule has 0 spiro atoms. The molecule has 0 fully saturated rings. The van der Waals surface area contributed by atoms with E-state index >= 15 is 0 Å². The smallest absolute Gasteiger partial charge is 0.297 e. The second-order valence-electron chi connectivity index (χ2n) is 4.95. The number of thioether (sulfide) groups is 1. The molecule has 1 aliphatic heterocycles. The van der Waals surface area contributed by atoms with Crippen LogP contribution in [0.3, 0.4) is 0 Å². The van der Waals surface area contributed by atoms with Gasteiger partial charge in [-0.05, 0) is 36.2 Å². The van der Waals surface area contributed by atoms with Crippen LogP contribution in [0.5, 0.6) is 0 Å². The van der Waals surface area contributed by atoms with Crippen LogP contribution in [0.2, 0.25) is 0 Å². The molecule has 2 aromatic rings. The average Bonchev–Trinajstić information content (AvgIpc) is 2.78. The van der Waals surface area contributed by atoms with Crippen molar-refractivity contribution in [2.24, 2.45) is 0 Å². The molecule has 0 bridgehead atoms. The van der Waals surface area contributed by atoms with Gasteiger partial charge < -0.3 is 0 Å². The number of halogens is 4. The van der Waals surface area contributed by atoms with Crippen molar-refractivity contribution in [3.05, 3.63) is 53.6 Å². The van der Waals surface area contributed by atoms with Gasteiger partial charge in [-0.15, -0.1) is 0 Å². The Morgan fingerprint density at radius 2 is 1.91 bits per heavy atom. The molecule has 0 saturated carbocycles. The highest BCUT2D eigenvalue weighted by Gasteiger charge is 2.31. The fourth-order valence-corrected chi connectivity index (χ4v) is 4.78. The third-order valence-electron chi connectivity index (χ3n) is 3.35. The van der Waals surface area contributed by atoms with E-state index in [0.717, 1.165) is 11.3 Å². The lowest BCUT2D eigenvalue weighted by molar-refractivity contribution is -0.0999. The van der Waals surface area contributed by atoms with Crippen LogP contribution in [-0.4, -0.2) is 6.30 Å². The van der Waals surface area contributed by atoms with Crippen LogP contribution >= 0.6 is 34.6 Å². The van der Waals surface area contributed by atoms with Gasteiger partial charge in [0.1, 0.15) is 5.37 Å². The van der Waals surface area contributed by atoms with Gasteiger partial charge in [0.15, 0.2) is 0 Å². The first-order chi connectivity index (χ1) is 10.3. The van der Waals surface area contributed by atoms with Crippen molar-refractivity contribution in [2.45, 2.75) is 23.5 Å². The van der Waals surface area contributed by atoms with Crippen LogP contribution in [0.15, 0.2) is 47.4 Å². The molecule has 1 atom stereocenters. The molecule has 1 aliphatic rings. The van der Waals surface area contributed by atoms with Crippen LogP contribution in [0.25, 0.3) is 0 Å². The maximum atomic E-state index is 12.4. The Bertz CT molecular complexity index is 705. The molecule has 2 nitrogen and oxygen atoms in total. The fraction of sp³-hybridized carbons (Fsp3) is 0.200. The summed E-state index contributed by atoms with van der Waals surface area (Å²) in [6.45, 7) is 1.68. The minimum Gasteiger partial charge on any atom is -0.297 e. The lowest BCUT2D eigenvalue weighted by Crippen LogP contribution is -2.21. The Morgan fingerprint density at radius 1 is 1.18 bits per heavy atom. The molecule has 116 valence electrons. The molecule has 0 radical (unpaired) electrons. The largest absolute Gasteiger partial charge is 0.482 e. The van der Waals surface area contributed by atoms with Crippen molar-refractivity contribution in [1.82, 2.24) is 0 Å². The van der Waals surface area contributed by atoms with Crippen LogP contribution < -0.4 is 8.43 Å². The second-order valence-corrected chi connectivity index (χ2v) is 7.11. The molecule has 0 aliphatic carbocycles. The summed E-state index contributed by atoms with van der Waals surface area (Å²) in [7, 11) is 0. The maximum Gasteiger partial charge on any atom is 0.482 e. The number of nitrogens with one attached hydrogen (secondary N) is 1. The van der Waals surface area contributed by atoms with Crippen LogP contribution in [-0.2, 0) is 0 Å². The summed E-state index contributed by atoms with van der Waals surface area (Å²) in [4.78, 5) is 1.18. The number of para-hydroxylation sites is 1.